The number of fused-ring (bicyclic) bond motifs is 1. The number of carbonyl (C=O) groups is 1. The lowest BCUT2D eigenvalue weighted by Gasteiger charge is -2.42. The quantitative estimate of drug-likeness (QED) is 0.364. The van der Waals surface area contributed by atoms with Crippen molar-refractivity contribution in [1.82, 2.24) is 14.1 Å². The van der Waals surface area contributed by atoms with E-state index in [1.165, 1.54) is 29.3 Å². The van der Waals surface area contributed by atoms with Crippen LogP contribution in [0.15, 0.2) is 65.6 Å². The van der Waals surface area contributed by atoms with Gasteiger partial charge in [0, 0.05) is 45.3 Å². The van der Waals surface area contributed by atoms with E-state index in [2.05, 4.69) is 0 Å². The molecule has 12 heteroatoms. The molecule has 3 aromatic rings. The number of likely N-dealkylation sites (tertiary alicyclic amines) is 1. The number of nitrogens with two attached hydrogens (primary N) is 1. The molecule has 2 N–H and O–H groups in total. The smallest absolute Gasteiger partial charge is 0.416 e. The second-order valence-corrected chi connectivity index (χ2v) is 14.6. The summed E-state index contributed by atoms with van der Waals surface area (Å²) in [5.41, 5.74) is 6.11. The lowest BCUT2D eigenvalue weighted by molar-refractivity contribution is -0.138. The van der Waals surface area contributed by atoms with Gasteiger partial charge in [-0.05, 0) is 97.7 Å². The second kappa shape index (κ2) is 13.5. The van der Waals surface area contributed by atoms with E-state index in [1.54, 1.807) is 23.1 Å². The summed E-state index contributed by atoms with van der Waals surface area (Å²) < 4.78 is 74.8. The predicted molar refractivity (Wildman–Crippen MR) is 170 cm³/mol. The number of rotatable bonds is 8. The molecule has 0 aromatic heterocycles. The third kappa shape index (κ3) is 7.35. The standard InChI is InChI=1S/C34H41F3N4O4S/c35-34(36,37)27-9-5-24(6-10-27)13-16-39-19-20-41(32(23-39)33(42)40-17-14-28(38)15-18-40)46(43,44)31-12-8-25-21-30(11-7-26(25)22-31)45-29-3-1-2-4-29/h5-12,21-22,28-29,32H,1-4,13-20,23,38H2/t32-/m0/s1. The molecule has 46 heavy (non-hydrogen) atoms. The van der Waals surface area contributed by atoms with E-state index in [4.69, 9.17) is 10.5 Å². The molecule has 2 saturated heterocycles. The summed E-state index contributed by atoms with van der Waals surface area (Å²) in [6, 6.07) is 14.9. The van der Waals surface area contributed by atoms with Gasteiger partial charge in [-0.2, -0.15) is 17.5 Å². The van der Waals surface area contributed by atoms with E-state index in [-0.39, 0.29) is 36.0 Å². The van der Waals surface area contributed by atoms with Crippen molar-refractivity contribution in [3.8, 4) is 5.75 Å². The van der Waals surface area contributed by atoms with E-state index >= 15 is 0 Å². The van der Waals surface area contributed by atoms with Crippen molar-refractivity contribution in [3.63, 3.8) is 0 Å². The lowest BCUT2D eigenvalue weighted by Crippen LogP contribution is -2.62. The number of piperazine rings is 1. The average molecular weight is 659 g/mol. The van der Waals surface area contributed by atoms with E-state index in [0.29, 0.717) is 45.4 Å². The number of carbonyl (C=O) groups excluding carboxylic acids is 1. The topological polar surface area (TPSA) is 96.2 Å². The molecule has 0 spiro atoms. The van der Waals surface area contributed by atoms with Gasteiger partial charge < -0.3 is 15.4 Å². The average Bonchev–Trinajstić information content (AvgIpc) is 3.56. The van der Waals surface area contributed by atoms with Crippen LogP contribution in [0.4, 0.5) is 13.2 Å². The van der Waals surface area contributed by atoms with Crippen LogP contribution in [0.2, 0.25) is 0 Å². The zero-order valence-corrected chi connectivity index (χ0v) is 26.6. The van der Waals surface area contributed by atoms with Crippen LogP contribution in [-0.2, 0) is 27.4 Å². The minimum Gasteiger partial charge on any atom is -0.490 e. The summed E-state index contributed by atoms with van der Waals surface area (Å²) in [7, 11) is -4.04. The predicted octanol–water partition coefficient (Wildman–Crippen LogP) is 5.05. The van der Waals surface area contributed by atoms with Gasteiger partial charge in [0.15, 0.2) is 0 Å². The van der Waals surface area contributed by atoms with Crippen LogP contribution in [-0.4, -0.2) is 85.9 Å². The van der Waals surface area contributed by atoms with E-state index in [9.17, 15) is 26.4 Å². The minimum absolute atomic E-state index is 0.0113. The third-order valence-corrected chi connectivity index (χ3v) is 11.4. The number of amides is 1. The molecule has 0 unspecified atom stereocenters. The number of sulfonamides is 1. The Kier molecular flexibility index (Phi) is 9.61. The first kappa shape index (κ1) is 32.7. The Morgan fingerprint density at radius 2 is 1.54 bits per heavy atom. The molecule has 1 saturated carbocycles. The molecule has 2 heterocycles. The number of benzene rings is 3. The summed E-state index contributed by atoms with van der Waals surface area (Å²) in [6.45, 7) is 2.12. The number of piperidine rings is 1. The zero-order valence-electron chi connectivity index (χ0n) is 25.8. The normalized spacial score (nSPS) is 21.2. The Balaban J connectivity index is 1.20. The van der Waals surface area contributed by atoms with Crippen molar-refractivity contribution in [2.45, 2.75) is 74.2 Å². The maximum absolute atomic E-state index is 14.2. The van der Waals surface area contributed by atoms with Gasteiger partial charge in [-0.3, -0.25) is 9.69 Å². The van der Waals surface area contributed by atoms with Crippen molar-refractivity contribution in [3.05, 3.63) is 71.8 Å². The minimum atomic E-state index is -4.40. The Labute approximate surface area is 268 Å². The van der Waals surface area contributed by atoms with Crippen LogP contribution < -0.4 is 10.5 Å². The molecule has 0 radical (unpaired) electrons. The number of nitrogens with zero attached hydrogens (tertiary/aromatic N) is 3. The molecule has 2 aliphatic heterocycles. The molecule has 1 atom stereocenters. The van der Waals surface area contributed by atoms with Crippen LogP contribution in [0.1, 0.15) is 49.7 Å². The van der Waals surface area contributed by atoms with Gasteiger partial charge in [-0.15, -0.1) is 0 Å². The summed E-state index contributed by atoms with van der Waals surface area (Å²) >= 11 is 0. The Morgan fingerprint density at radius 1 is 0.870 bits per heavy atom. The van der Waals surface area contributed by atoms with Gasteiger partial charge in [-0.1, -0.05) is 24.3 Å². The van der Waals surface area contributed by atoms with E-state index in [0.717, 1.165) is 47.1 Å². The number of ether oxygens (including phenoxy) is 1. The first-order chi connectivity index (χ1) is 22.0. The zero-order chi connectivity index (χ0) is 32.5. The molecule has 248 valence electrons. The summed E-state index contributed by atoms with van der Waals surface area (Å²) in [5, 5.41) is 1.64. The Bertz CT molecular complexity index is 1640. The van der Waals surface area contributed by atoms with Gasteiger partial charge in [0.1, 0.15) is 11.8 Å². The Morgan fingerprint density at radius 3 is 2.24 bits per heavy atom. The van der Waals surface area contributed by atoms with Crippen molar-refractivity contribution in [1.29, 1.82) is 0 Å². The first-order valence-electron chi connectivity index (χ1n) is 16.1. The summed E-state index contributed by atoms with van der Waals surface area (Å²) in [4.78, 5) is 17.8. The van der Waals surface area contributed by atoms with Crippen LogP contribution >= 0.6 is 0 Å². The molecular formula is C34H41F3N4O4S. The highest BCUT2D eigenvalue weighted by Gasteiger charge is 2.42. The summed E-state index contributed by atoms with van der Waals surface area (Å²) in [5.74, 6) is 0.526. The monoisotopic (exact) mass is 658 g/mol. The molecule has 3 aliphatic rings. The van der Waals surface area contributed by atoms with Crippen LogP contribution in [0, 0.1) is 0 Å². The number of alkyl halides is 3. The highest BCUT2D eigenvalue weighted by molar-refractivity contribution is 7.89. The maximum Gasteiger partial charge on any atom is 0.416 e. The van der Waals surface area contributed by atoms with Gasteiger partial charge in [0.2, 0.25) is 15.9 Å². The SMILES string of the molecule is NC1CCN(C(=O)[C@@H]2CN(CCc3ccc(C(F)(F)F)cc3)CCN2S(=O)(=O)c2ccc3cc(OC4CCCC4)ccc3c2)CC1. The third-order valence-electron chi connectivity index (χ3n) is 9.54. The fraction of sp³-hybridized carbons (Fsp3) is 0.500. The van der Waals surface area contributed by atoms with Crippen LogP contribution in [0.3, 0.4) is 0 Å². The number of halogens is 3. The highest BCUT2D eigenvalue weighted by atomic mass is 32.2. The Hall–Kier alpha value is -3.19. The van der Waals surface area contributed by atoms with E-state index < -0.39 is 27.8 Å². The van der Waals surface area contributed by atoms with Crippen LogP contribution in [0.5, 0.6) is 5.75 Å². The molecule has 3 fully saturated rings. The molecule has 8 nitrogen and oxygen atoms in total. The second-order valence-electron chi connectivity index (χ2n) is 12.7. The van der Waals surface area contributed by atoms with E-state index in [1.807, 2.05) is 23.1 Å². The number of hydrogen-bond donors (Lipinski definition) is 1. The first-order valence-corrected chi connectivity index (χ1v) is 17.6. The molecule has 6 rings (SSSR count). The molecule has 3 aromatic carbocycles. The molecule has 1 aliphatic carbocycles. The van der Waals surface area contributed by atoms with Gasteiger partial charge >= 0.3 is 6.18 Å². The van der Waals surface area contributed by atoms with Crippen molar-refractivity contribution in [2.75, 3.05) is 39.3 Å². The maximum atomic E-state index is 14.2. The molecule has 1 amide bonds. The fourth-order valence-electron chi connectivity index (χ4n) is 6.76. The van der Waals surface area contributed by atoms with Gasteiger partial charge in [0.05, 0.1) is 16.6 Å². The van der Waals surface area contributed by atoms with Crippen molar-refractivity contribution in [2.24, 2.45) is 5.73 Å². The largest absolute Gasteiger partial charge is 0.490 e. The fourth-order valence-corrected chi connectivity index (χ4v) is 8.36. The summed E-state index contributed by atoms with van der Waals surface area (Å²) in [6.07, 6.45) is 2.02. The van der Waals surface area contributed by atoms with Crippen LogP contribution in [0.25, 0.3) is 10.8 Å². The van der Waals surface area contributed by atoms with Gasteiger partial charge in [0.25, 0.3) is 0 Å². The molecular weight excluding hydrogens is 617 g/mol. The highest BCUT2D eigenvalue weighted by Crippen LogP contribution is 2.31. The lowest BCUT2D eigenvalue weighted by atomic mass is 10.0. The van der Waals surface area contributed by atoms with Gasteiger partial charge in [-0.25, -0.2) is 8.42 Å². The van der Waals surface area contributed by atoms with Crippen molar-refractivity contribution < 1.29 is 31.1 Å². The van der Waals surface area contributed by atoms with Crippen molar-refractivity contribution >= 4 is 26.7 Å². The molecule has 0 bridgehead atoms. The number of hydrogen-bond acceptors (Lipinski definition) is 6.